The average Bonchev–Trinajstić information content (AvgIpc) is 1.94. The first-order chi connectivity index (χ1) is 5.11. The van der Waals surface area contributed by atoms with E-state index in [0.29, 0.717) is 4.47 Å². The zero-order valence-electron chi connectivity index (χ0n) is 5.21. The maximum atomic E-state index is 10.5. The Hall–Kier alpha value is -0.610. The van der Waals surface area contributed by atoms with Gasteiger partial charge < -0.3 is 5.11 Å². The molecule has 11 heavy (non-hydrogen) atoms. The highest BCUT2D eigenvalue weighted by Gasteiger charge is 2.08. The molecule has 0 unspecified atom stereocenters. The smallest absolute Gasteiger partial charge is 0.337 e. The van der Waals surface area contributed by atoms with Gasteiger partial charge in [-0.1, -0.05) is 11.6 Å². The van der Waals surface area contributed by atoms with Crippen molar-refractivity contribution in [1.29, 1.82) is 0 Å². The normalized spacial score (nSPS) is 9.64. The van der Waals surface area contributed by atoms with Crippen LogP contribution in [0.25, 0.3) is 0 Å². The molecule has 0 atom stereocenters. The van der Waals surface area contributed by atoms with Crippen LogP contribution in [0.2, 0.25) is 5.15 Å². The highest BCUT2D eigenvalue weighted by molar-refractivity contribution is 9.10. The van der Waals surface area contributed by atoms with Gasteiger partial charge in [0.05, 0.1) is 10.0 Å². The molecule has 0 saturated carbocycles. The summed E-state index contributed by atoms with van der Waals surface area (Å²) in [6, 6.07) is 1.29. The Balaban J connectivity index is 3.23. The number of aromatic carboxylic acids is 1. The first-order valence-electron chi connectivity index (χ1n) is 2.65. The number of hydrogen-bond donors (Lipinski definition) is 1. The third kappa shape index (κ3) is 1.91. The van der Waals surface area contributed by atoms with E-state index in [9.17, 15) is 4.79 Å². The maximum absolute atomic E-state index is 10.5. The first kappa shape index (κ1) is 8.49. The van der Waals surface area contributed by atoms with Gasteiger partial charge in [0.15, 0.2) is 0 Å². The second kappa shape index (κ2) is 3.19. The molecule has 0 amide bonds. The van der Waals surface area contributed by atoms with Crippen LogP contribution in [0.3, 0.4) is 0 Å². The minimum absolute atomic E-state index is 0.116. The molecular formula is C6H3BrClNO2. The Morgan fingerprint density at radius 3 is 2.82 bits per heavy atom. The van der Waals surface area contributed by atoms with E-state index >= 15 is 0 Å². The summed E-state index contributed by atoms with van der Waals surface area (Å²) >= 11 is 8.49. The van der Waals surface area contributed by atoms with Crippen molar-refractivity contribution < 1.29 is 9.90 Å². The number of carboxylic acids is 1. The zero-order chi connectivity index (χ0) is 8.43. The monoisotopic (exact) mass is 235 g/mol. The SMILES string of the molecule is O=C(O)c1cc(Cl)ncc1Br. The Kier molecular flexibility index (Phi) is 2.46. The molecule has 0 aliphatic rings. The van der Waals surface area contributed by atoms with E-state index < -0.39 is 5.97 Å². The summed E-state index contributed by atoms with van der Waals surface area (Å²) < 4.78 is 0.425. The van der Waals surface area contributed by atoms with E-state index in [0.717, 1.165) is 0 Å². The molecule has 0 saturated heterocycles. The topological polar surface area (TPSA) is 50.2 Å². The highest BCUT2D eigenvalue weighted by Crippen LogP contribution is 2.18. The summed E-state index contributed by atoms with van der Waals surface area (Å²) in [5, 5.41) is 8.75. The number of nitrogens with zero attached hydrogens (tertiary/aromatic N) is 1. The fraction of sp³-hybridized carbons (Fsp3) is 0. The van der Waals surface area contributed by atoms with Crippen LogP contribution in [0.4, 0.5) is 0 Å². The quantitative estimate of drug-likeness (QED) is 0.761. The third-order valence-electron chi connectivity index (χ3n) is 1.05. The standard InChI is InChI=1S/C6H3BrClNO2/c7-4-2-9-5(8)1-3(4)6(10)11/h1-2H,(H,10,11). The van der Waals surface area contributed by atoms with Crippen LogP contribution in [0, 0.1) is 0 Å². The van der Waals surface area contributed by atoms with Gasteiger partial charge in [-0.2, -0.15) is 0 Å². The summed E-state index contributed by atoms with van der Waals surface area (Å²) in [6.07, 6.45) is 1.35. The Labute approximate surface area is 76.1 Å². The van der Waals surface area contributed by atoms with Crippen LogP contribution in [0.15, 0.2) is 16.7 Å². The molecule has 3 nitrogen and oxygen atoms in total. The Morgan fingerprint density at radius 2 is 2.36 bits per heavy atom. The number of pyridine rings is 1. The van der Waals surface area contributed by atoms with Crippen LogP contribution in [-0.4, -0.2) is 16.1 Å². The fourth-order valence-electron chi connectivity index (χ4n) is 0.577. The number of carbonyl (C=O) groups is 1. The van der Waals surface area contributed by atoms with Crippen molar-refractivity contribution in [3.8, 4) is 0 Å². The van der Waals surface area contributed by atoms with Crippen molar-refractivity contribution in [3.63, 3.8) is 0 Å². The van der Waals surface area contributed by atoms with Gasteiger partial charge in [0, 0.05) is 6.20 Å². The molecule has 0 aliphatic heterocycles. The number of aromatic nitrogens is 1. The van der Waals surface area contributed by atoms with Gasteiger partial charge >= 0.3 is 5.97 Å². The van der Waals surface area contributed by atoms with Gasteiger partial charge in [0.1, 0.15) is 5.15 Å². The van der Waals surface area contributed by atoms with Gasteiger partial charge in [-0.15, -0.1) is 0 Å². The molecule has 0 radical (unpaired) electrons. The molecule has 0 fully saturated rings. The van der Waals surface area contributed by atoms with Crippen LogP contribution >= 0.6 is 27.5 Å². The number of hydrogen-bond acceptors (Lipinski definition) is 2. The second-order valence-electron chi connectivity index (χ2n) is 1.79. The summed E-state index contributed by atoms with van der Waals surface area (Å²) in [7, 11) is 0. The zero-order valence-corrected chi connectivity index (χ0v) is 7.56. The first-order valence-corrected chi connectivity index (χ1v) is 3.82. The van der Waals surface area contributed by atoms with Gasteiger partial charge in [0.25, 0.3) is 0 Å². The molecular weight excluding hydrogens is 233 g/mol. The number of halogens is 2. The van der Waals surface area contributed by atoms with E-state index in [1.165, 1.54) is 12.3 Å². The van der Waals surface area contributed by atoms with E-state index in [1.54, 1.807) is 0 Å². The molecule has 0 bridgehead atoms. The van der Waals surface area contributed by atoms with Gasteiger partial charge in [0.2, 0.25) is 0 Å². The summed E-state index contributed by atoms with van der Waals surface area (Å²) in [5.74, 6) is -1.03. The molecule has 0 aliphatic carbocycles. The number of carboxylic acid groups (broad SMARTS) is 1. The maximum Gasteiger partial charge on any atom is 0.337 e. The lowest BCUT2D eigenvalue weighted by Gasteiger charge is -1.96. The molecule has 58 valence electrons. The summed E-state index contributed by atoms with van der Waals surface area (Å²) in [4.78, 5) is 14.1. The predicted molar refractivity (Wildman–Crippen MR) is 43.9 cm³/mol. The van der Waals surface area contributed by atoms with Crippen molar-refractivity contribution in [2.45, 2.75) is 0 Å². The van der Waals surface area contributed by atoms with E-state index in [2.05, 4.69) is 20.9 Å². The largest absolute Gasteiger partial charge is 0.478 e. The molecule has 1 rings (SSSR count). The van der Waals surface area contributed by atoms with Crippen molar-refractivity contribution in [3.05, 3.63) is 27.5 Å². The molecule has 1 aromatic rings. The molecule has 0 spiro atoms. The highest BCUT2D eigenvalue weighted by atomic mass is 79.9. The molecule has 5 heteroatoms. The van der Waals surface area contributed by atoms with E-state index in [-0.39, 0.29) is 10.7 Å². The summed E-state index contributed by atoms with van der Waals surface area (Å²) in [6.45, 7) is 0. The predicted octanol–water partition coefficient (Wildman–Crippen LogP) is 2.20. The lowest BCUT2D eigenvalue weighted by molar-refractivity contribution is 0.0696. The fourth-order valence-corrected chi connectivity index (χ4v) is 1.12. The lowest BCUT2D eigenvalue weighted by Crippen LogP contribution is -1.97. The molecule has 1 N–H and O–H groups in total. The van der Waals surface area contributed by atoms with Crippen molar-refractivity contribution >= 4 is 33.5 Å². The Bertz CT molecular complexity index is 303. The minimum atomic E-state index is -1.03. The van der Waals surface area contributed by atoms with Gasteiger partial charge in [-0.05, 0) is 22.0 Å². The van der Waals surface area contributed by atoms with E-state index in [4.69, 9.17) is 16.7 Å². The van der Waals surface area contributed by atoms with Crippen LogP contribution in [0.5, 0.6) is 0 Å². The Morgan fingerprint density at radius 1 is 1.73 bits per heavy atom. The van der Waals surface area contributed by atoms with Crippen LogP contribution in [0.1, 0.15) is 10.4 Å². The lowest BCUT2D eigenvalue weighted by atomic mass is 10.3. The van der Waals surface area contributed by atoms with Crippen molar-refractivity contribution in [1.82, 2.24) is 4.98 Å². The minimum Gasteiger partial charge on any atom is -0.478 e. The van der Waals surface area contributed by atoms with Crippen molar-refractivity contribution in [2.24, 2.45) is 0 Å². The van der Waals surface area contributed by atoms with Gasteiger partial charge in [-0.25, -0.2) is 9.78 Å². The van der Waals surface area contributed by atoms with Crippen LogP contribution in [-0.2, 0) is 0 Å². The second-order valence-corrected chi connectivity index (χ2v) is 3.03. The molecule has 1 heterocycles. The van der Waals surface area contributed by atoms with Crippen LogP contribution < -0.4 is 0 Å². The summed E-state index contributed by atoms with van der Waals surface area (Å²) in [5.41, 5.74) is 0.116. The van der Waals surface area contributed by atoms with Crippen molar-refractivity contribution in [2.75, 3.05) is 0 Å². The van der Waals surface area contributed by atoms with E-state index in [1.807, 2.05) is 0 Å². The molecule has 1 aromatic heterocycles. The number of rotatable bonds is 1. The van der Waals surface area contributed by atoms with Gasteiger partial charge in [-0.3, -0.25) is 0 Å². The third-order valence-corrected chi connectivity index (χ3v) is 1.89. The molecule has 0 aromatic carbocycles. The average molecular weight is 236 g/mol.